The lowest BCUT2D eigenvalue weighted by molar-refractivity contribution is 0.174. The average molecular weight is 393 g/mol. The quantitative estimate of drug-likeness (QED) is 0.663. The summed E-state index contributed by atoms with van der Waals surface area (Å²) in [6.07, 6.45) is 0.569. The molecule has 1 N–H and O–H groups in total. The van der Waals surface area contributed by atoms with Crippen LogP contribution in [0.4, 0.5) is 0 Å². The largest absolute Gasteiger partial charge is 0.490 e. The van der Waals surface area contributed by atoms with Crippen LogP contribution in [0, 0.1) is 0 Å². The van der Waals surface area contributed by atoms with Crippen molar-refractivity contribution < 1.29 is 14.4 Å². The van der Waals surface area contributed by atoms with E-state index >= 15 is 0 Å². The van der Waals surface area contributed by atoms with E-state index in [1.54, 1.807) is 24.3 Å². The molecule has 2 heterocycles. The number of ether oxygens (including phenoxy) is 1. The fraction of sp³-hybridized carbons (Fsp3) is 0.294. The number of nitrogens with zero attached hydrogens (tertiary/aromatic N) is 4. The zero-order valence-electron chi connectivity index (χ0n) is 14.6. The first kappa shape index (κ1) is 18.9. The second-order valence-electron chi connectivity index (χ2n) is 5.86. The van der Waals surface area contributed by atoms with Crippen LogP contribution >= 0.6 is 11.6 Å². The summed E-state index contributed by atoms with van der Waals surface area (Å²) >= 11 is 5.83. The van der Waals surface area contributed by atoms with Gasteiger partial charge in [0.05, 0.1) is 19.4 Å². The molecular weight excluding hydrogens is 376 g/mol. The smallest absolute Gasteiger partial charge is 0.331 e. The van der Waals surface area contributed by atoms with Crippen LogP contribution in [0.2, 0.25) is 5.02 Å². The Kier molecular flexibility index (Phi) is 5.43. The maximum atomic E-state index is 12.3. The summed E-state index contributed by atoms with van der Waals surface area (Å²) in [5, 5.41) is 14.6. The van der Waals surface area contributed by atoms with Crippen molar-refractivity contribution in [3.63, 3.8) is 0 Å². The predicted molar refractivity (Wildman–Crippen MR) is 96.0 cm³/mol. The second-order valence-corrected chi connectivity index (χ2v) is 6.29. The van der Waals surface area contributed by atoms with E-state index in [1.807, 2.05) is 0 Å². The van der Waals surface area contributed by atoms with Crippen LogP contribution in [-0.2, 0) is 20.0 Å². The zero-order valence-corrected chi connectivity index (χ0v) is 15.4. The average Bonchev–Trinajstić information content (AvgIpc) is 3.09. The highest BCUT2D eigenvalue weighted by Crippen LogP contribution is 2.19. The van der Waals surface area contributed by atoms with Gasteiger partial charge in [0, 0.05) is 18.5 Å². The van der Waals surface area contributed by atoms with Crippen molar-refractivity contribution in [1.29, 1.82) is 0 Å². The first-order valence-electron chi connectivity index (χ1n) is 7.98. The number of aryl methyl sites for hydroxylation is 1. The van der Waals surface area contributed by atoms with Gasteiger partial charge in [-0.3, -0.25) is 9.36 Å². The third-order valence-corrected chi connectivity index (χ3v) is 4.21. The van der Waals surface area contributed by atoms with E-state index in [0.29, 0.717) is 10.6 Å². The van der Waals surface area contributed by atoms with Gasteiger partial charge in [-0.05, 0) is 17.7 Å². The summed E-state index contributed by atoms with van der Waals surface area (Å²) in [6.45, 7) is -0.202. The Labute approximate surface area is 158 Å². The molecule has 1 atom stereocenters. The minimum Gasteiger partial charge on any atom is -0.490 e. The Bertz CT molecular complexity index is 1050. The molecule has 0 fully saturated rings. The number of aliphatic hydroxyl groups is 1. The van der Waals surface area contributed by atoms with Crippen molar-refractivity contribution >= 4 is 11.6 Å². The second kappa shape index (κ2) is 7.77. The molecule has 9 nitrogen and oxygen atoms in total. The van der Waals surface area contributed by atoms with Gasteiger partial charge < -0.3 is 14.4 Å². The van der Waals surface area contributed by atoms with Gasteiger partial charge in [-0.25, -0.2) is 9.36 Å². The number of benzene rings is 1. The van der Waals surface area contributed by atoms with Gasteiger partial charge in [0.15, 0.2) is 5.82 Å². The van der Waals surface area contributed by atoms with Crippen molar-refractivity contribution in [3.05, 3.63) is 73.6 Å². The van der Waals surface area contributed by atoms with E-state index in [2.05, 4.69) is 10.1 Å². The number of methoxy groups -OCH3 is 1. The first-order chi connectivity index (χ1) is 12.9. The molecule has 0 aliphatic heterocycles. The topological polar surface area (TPSA) is 112 Å². The lowest BCUT2D eigenvalue weighted by Gasteiger charge is -2.08. The summed E-state index contributed by atoms with van der Waals surface area (Å²) in [5.41, 5.74) is -0.480. The maximum Gasteiger partial charge on any atom is 0.331 e. The van der Waals surface area contributed by atoms with Gasteiger partial charge in [0.25, 0.3) is 5.56 Å². The maximum absolute atomic E-state index is 12.3. The van der Waals surface area contributed by atoms with E-state index in [-0.39, 0.29) is 30.4 Å². The fourth-order valence-electron chi connectivity index (χ4n) is 2.52. The molecule has 0 amide bonds. The van der Waals surface area contributed by atoms with E-state index in [0.717, 1.165) is 4.57 Å². The molecule has 0 radical (unpaired) electrons. The Morgan fingerprint density at radius 3 is 2.67 bits per heavy atom. The summed E-state index contributed by atoms with van der Waals surface area (Å²) in [5.74, 6) is 0.343. The van der Waals surface area contributed by atoms with Crippen molar-refractivity contribution in [3.8, 4) is 5.75 Å². The number of aliphatic hydroxyl groups excluding tert-OH is 1. The normalized spacial score (nSPS) is 12.1. The van der Waals surface area contributed by atoms with Gasteiger partial charge in [0.2, 0.25) is 11.6 Å². The van der Waals surface area contributed by atoms with Crippen LogP contribution in [-0.4, -0.2) is 31.5 Å². The van der Waals surface area contributed by atoms with Crippen LogP contribution in [0.3, 0.4) is 0 Å². The van der Waals surface area contributed by atoms with Gasteiger partial charge in [-0.1, -0.05) is 28.9 Å². The molecule has 0 bridgehead atoms. The molecular formula is C17H17ClN4O5. The zero-order chi connectivity index (χ0) is 19.6. The third kappa shape index (κ3) is 4.09. The monoisotopic (exact) mass is 392 g/mol. The van der Waals surface area contributed by atoms with Gasteiger partial charge in [0.1, 0.15) is 6.54 Å². The molecule has 0 spiro atoms. The van der Waals surface area contributed by atoms with E-state index in [9.17, 15) is 14.7 Å². The lowest BCUT2D eigenvalue weighted by atomic mass is 10.1. The van der Waals surface area contributed by atoms with E-state index in [1.165, 1.54) is 24.9 Å². The molecule has 142 valence electrons. The number of hydrogen-bond acceptors (Lipinski definition) is 7. The highest BCUT2D eigenvalue weighted by molar-refractivity contribution is 6.30. The summed E-state index contributed by atoms with van der Waals surface area (Å²) < 4.78 is 12.2. The van der Waals surface area contributed by atoms with Crippen LogP contribution in [0.15, 0.2) is 44.6 Å². The van der Waals surface area contributed by atoms with Crippen LogP contribution in [0.1, 0.15) is 23.4 Å². The standard InChI is InChI=1S/C17H17ClN4O5/c1-21-8-13(26-2)16(24)22(17(21)25)9-15-19-14(20-27-15)7-12(23)10-3-5-11(18)6-4-10/h3-6,8,12,23H,7,9H2,1-2H3/t12-/m0/s1. The molecule has 10 heteroatoms. The summed E-state index contributed by atoms with van der Waals surface area (Å²) in [7, 11) is 2.84. The molecule has 1 aromatic carbocycles. The van der Waals surface area contributed by atoms with Crippen LogP contribution < -0.4 is 16.0 Å². The number of hydrogen-bond donors (Lipinski definition) is 1. The summed E-state index contributed by atoms with van der Waals surface area (Å²) in [4.78, 5) is 28.6. The highest BCUT2D eigenvalue weighted by Gasteiger charge is 2.17. The number of aromatic nitrogens is 4. The first-order valence-corrected chi connectivity index (χ1v) is 8.36. The molecule has 0 aliphatic carbocycles. The van der Waals surface area contributed by atoms with Crippen molar-refractivity contribution in [2.75, 3.05) is 7.11 Å². The highest BCUT2D eigenvalue weighted by atomic mass is 35.5. The Morgan fingerprint density at radius 2 is 2.00 bits per heavy atom. The Balaban J connectivity index is 1.79. The summed E-state index contributed by atoms with van der Waals surface area (Å²) in [6, 6.07) is 6.75. The minimum atomic E-state index is -0.847. The molecule has 0 aliphatic rings. The fourth-order valence-corrected chi connectivity index (χ4v) is 2.65. The van der Waals surface area contributed by atoms with E-state index in [4.69, 9.17) is 20.9 Å². The minimum absolute atomic E-state index is 0.0231. The number of rotatable bonds is 6. The van der Waals surface area contributed by atoms with Gasteiger partial charge in [-0.15, -0.1) is 0 Å². The third-order valence-electron chi connectivity index (χ3n) is 3.95. The lowest BCUT2D eigenvalue weighted by Crippen LogP contribution is -2.39. The molecule has 0 saturated heterocycles. The van der Waals surface area contributed by atoms with Crippen molar-refractivity contribution in [1.82, 2.24) is 19.3 Å². The van der Waals surface area contributed by atoms with Gasteiger partial charge in [-0.2, -0.15) is 4.98 Å². The molecule has 2 aromatic heterocycles. The molecule has 3 aromatic rings. The van der Waals surface area contributed by atoms with E-state index < -0.39 is 17.4 Å². The molecule has 3 rings (SSSR count). The van der Waals surface area contributed by atoms with Crippen LogP contribution in [0.5, 0.6) is 5.75 Å². The van der Waals surface area contributed by atoms with Crippen molar-refractivity contribution in [2.45, 2.75) is 19.1 Å². The predicted octanol–water partition coefficient (Wildman–Crippen LogP) is 0.916. The van der Waals surface area contributed by atoms with Crippen LogP contribution in [0.25, 0.3) is 0 Å². The Morgan fingerprint density at radius 1 is 1.30 bits per heavy atom. The van der Waals surface area contributed by atoms with Gasteiger partial charge >= 0.3 is 5.69 Å². The Hall–Kier alpha value is -2.91. The van der Waals surface area contributed by atoms with Crippen molar-refractivity contribution in [2.24, 2.45) is 7.05 Å². The molecule has 27 heavy (non-hydrogen) atoms. The SMILES string of the molecule is COc1cn(C)c(=O)n(Cc2nc(C[C@H](O)c3ccc(Cl)cc3)no2)c1=O. The molecule has 0 saturated carbocycles. The molecule has 0 unspecified atom stereocenters. The number of halogens is 1.